The van der Waals surface area contributed by atoms with Crippen LogP contribution in [-0.2, 0) is 4.79 Å². The van der Waals surface area contributed by atoms with Crippen LogP contribution >= 0.6 is 23.2 Å². The highest BCUT2D eigenvalue weighted by Crippen LogP contribution is 2.31. The molecule has 25 heavy (non-hydrogen) atoms. The van der Waals surface area contributed by atoms with Crippen molar-refractivity contribution in [3.8, 4) is 17.2 Å². The summed E-state index contributed by atoms with van der Waals surface area (Å²) in [4.78, 5) is 11.7. The predicted molar refractivity (Wildman–Crippen MR) is 97.0 cm³/mol. The van der Waals surface area contributed by atoms with Gasteiger partial charge in [0.05, 0.1) is 17.8 Å². The van der Waals surface area contributed by atoms with E-state index < -0.39 is 5.91 Å². The summed E-state index contributed by atoms with van der Waals surface area (Å²) in [5.41, 5.74) is 2.98. The molecule has 1 amide bonds. The second-order valence-corrected chi connectivity index (χ2v) is 5.58. The van der Waals surface area contributed by atoms with Crippen LogP contribution in [-0.4, -0.2) is 30.4 Å². The number of hydrazone groups is 1. The van der Waals surface area contributed by atoms with Gasteiger partial charge in [0.2, 0.25) is 0 Å². The molecule has 0 heterocycles. The third-order valence-electron chi connectivity index (χ3n) is 2.96. The highest BCUT2D eigenvalue weighted by molar-refractivity contribution is 6.42. The highest BCUT2D eigenvalue weighted by atomic mass is 35.5. The summed E-state index contributed by atoms with van der Waals surface area (Å²) in [6, 6.07) is 9.62. The third kappa shape index (κ3) is 5.55. The minimum atomic E-state index is -0.462. The molecule has 0 saturated carbocycles. The van der Waals surface area contributed by atoms with Gasteiger partial charge in [-0.3, -0.25) is 4.79 Å². The fraction of sp³-hybridized carbons (Fsp3) is 0.176. The molecule has 0 unspecified atom stereocenters. The number of hydrogen-bond donors (Lipinski definition) is 2. The summed E-state index contributed by atoms with van der Waals surface area (Å²) in [7, 11) is 0. The van der Waals surface area contributed by atoms with Gasteiger partial charge in [0, 0.05) is 0 Å². The average Bonchev–Trinajstić information content (AvgIpc) is 2.59. The van der Waals surface area contributed by atoms with Gasteiger partial charge in [-0.05, 0) is 42.8 Å². The van der Waals surface area contributed by atoms with Gasteiger partial charge in [0.25, 0.3) is 5.91 Å². The molecule has 0 spiro atoms. The Bertz CT molecular complexity index is 781. The minimum absolute atomic E-state index is 0.0369. The lowest BCUT2D eigenvalue weighted by Crippen LogP contribution is -2.24. The lowest BCUT2D eigenvalue weighted by atomic mass is 10.2. The molecule has 8 heteroatoms. The fourth-order valence-corrected chi connectivity index (χ4v) is 2.18. The zero-order chi connectivity index (χ0) is 18.2. The van der Waals surface area contributed by atoms with Gasteiger partial charge < -0.3 is 14.6 Å². The van der Waals surface area contributed by atoms with Crippen molar-refractivity contribution in [2.75, 3.05) is 13.2 Å². The number of nitrogens with zero attached hydrogens (tertiary/aromatic N) is 1. The van der Waals surface area contributed by atoms with Crippen LogP contribution in [0.2, 0.25) is 10.0 Å². The van der Waals surface area contributed by atoms with E-state index in [0.29, 0.717) is 28.7 Å². The summed E-state index contributed by atoms with van der Waals surface area (Å²) in [5.74, 6) is 0.232. The largest absolute Gasteiger partial charge is 0.504 e. The van der Waals surface area contributed by atoms with Crippen LogP contribution in [0, 0.1) is 0 Å². The standard InChI is InChI=1S/C17H16Cl2N2O4/c1-2-24-15-8-11(6-7-13(15)22)9-20-21-16(23)10-25-14-5-3-4-12(18)17(14)19/h3-9,22H,2,10H2,1H3,(H,21,23)/b20-9+. The smallest absolute Gasteiger partial charge is 0.277 e. The van der Waals surface area contributed by atoms with Gasteiger partial charge in [-0.15, -0.1) is 0 Å². The molecule has 0 aliphatic rings. The van der Waals surface area contributed by atoms with Gasteiger partial charge in [0.1, 0.15) is 10.8 Å². The number of carbonyl (C=O) groups is 1. The molecular formula is C17H16Cl2N2O4. The first-order valence-electron chi connectivity index (χ1n) is 7.35. The topological polar surface area (TPSA) is 80.2 Å². The molecule has 0 aliphatic carbocycles. The monoisotopic (exact) mass is 382 g/mol. The number of phenolic OH excluding ortho intramolecular Hbond substituents is 1. The van der Waals surface area contributed by atoms with Gasteiger partial charge in [-0.1, -0.05) is 29.3 Å². The number of ether oxygens (including phenoxy) is 2. The molecule has 2 N–H and O–H groups in total. The average molecular weight is 383 g/mol. The zero-order valence-electron chi connectivity index (χ0n) is 13.3. The number of carbonyl (C=O) groups excluding carboxylic acids is 1. The number of halogens is 2. The second-order valence-electron chi connectivity index (χ2n) is 4.79. The van der Waals surface area contributed by atoms with Crippen LogP contribution in [0.3, 0.4) is 0 Å². The molecule has 2 aromatic rings. The third-order valence-corrected chi connectivity index (χ3v) is 3.76. The number of phenols is 1. The number of rotatable bonds is 7. The first-order valence-corrected chi connectivity index (χ1v) is 8.11. The molecule has 0 fully saturated rings. The Balaban J connectivity index is 1.88. The molecule has 0 radical (unpaired) electrons. The summed E-state index contributed by atoms with van der Waals surface area (Å²) < 4.78 is 10.6. The van der Waals surface area contributed by atoms with E-state index in [1.54, 1.807) is 30.3 Å². The maximum absolute atomic E-state index is 11.7. The summed E-state index contributed by atoms with van der Waals surface area (Å²) in [5, 5.41) is 14.0. The SMILES string of the molecule is CCOc1cc(/C=N/NC(=O)COc2cccc(Cl)c2Cl)ccc1O. The van der Waals surface area contributed by atoms with Crippen LogP contribution < -0.4 is 14.9 Å². The Morgan fingerprint density at radius 3 is 2.80 bits per heavy atom. The lowest BCUT2D eigenvalue weighted by molar-refractivity contribution is -0.123. The Morgan fingerprint density at radius 2 is 2.04 bits per heavy atom. The van der Waals surface area contributed by atoms with Crippen molar-refractivity contribution in [1.29, 1.82) is 0 Å². The van der Waals surface area contributed by atoms with Crippen molar-refractivity contribution in [2.24, 2.45) is 5.10 Å². The van der Waals surface area contributed by atoms with Crippen molar-refractivity contribution in [1.82, 2.24) is 5.43 Å². The van der Waals surface area contributed by atoms with Crippen molar-refractivity contribution in [3.63, 3.8) is 0 Å². The van der Waals surface area contributed by atoms with E-state index in [4.69, 9.17) is 32.7 Å². The van der Waals surface area contributed by atoms with E-state index in [2.05, 4.69) is 10.5 Å². The van der Waals surface area contributed by atoms with Gasteiger partial charge in [-0.25, -0.2) is 5.43 Å². The van der Waals surface area contributed by atoms with Gasteiger partial charge in [0.15, 0.2) is 18.1 Å². The van der Waals surface area contributed by atoms with Gasteiger partial charge in [-0.2, -0.15) is 5.10 Å². The van der Waals surface area contributed by atoms with Crippen LogP contribution in [0.5, 0.6) is 17.2 Å². The quantitative estimate of drug-likeness (QED) is 0.565. The van der Waals surface area contributed by atoms with Crippen LogP contribution in [0.25, 0.3) is 0 Å². The molecule has 2 aromatic carbocycles. The Morgan fingerprint density at radius 1 is 1.24 bits per heavy atom. The molecule has 6 nitrogen and oxygen atoms in total. The molecular weight excluding hydrogens is 367 g/mol. The van der Waals surface area contributed by atoms with E-state index in [0.717, 1.165) is 0 Å². The first kappa shape index (κ1) is 18.9. The van der Waals surface area contributed by atoms with Crippen molar-refractivity contribution in [2.45, 2.75) is 6.92 Å². The number of amides is 1. The number of nitrogens with one attached hydrogen (secondary N) is 1. The molecule has 132 valence electrons. The summed E-state index contributed by atoms with van der Waals surface area (Å²) >= 11 is 11.8. The highest BCUT2D eigenvalue weighted by Gasteiger charge is 2.08. The van der Waals surface area contributed by atoms with Crippen LogP contribution in [0.4, 0.5) is 0 Å². The normalized spacial score (nSPS) is 10.7. The van der Waals surface area contributed by atoms with Crippen molar-refractivity contribution in [3.05, 3.63) is 52.0 Å². The maximum Gasteiger partial charge on any atom is 0.277 e. The Hall–Kier alpha value is -2.44. The molecule has 0 aliphatic heterocycles. The molecule has 0 aromatic heterocycles. The Kier molecular flexibility index (Phi) is 6.91. The van der Waals surface area contributed by atoms with Crippen LogP contribution in [0.1, 0.15) is 12.5 Å². The Labute approximate surface area is 155 Å². The van der Waals surface area contributed by atoms with Crippen molar-refractivity contribution >= 4 is 35.3 Å². The fourth-order valence-electron chi connectivity index (χ4n) is 1.83. The van der Waals surface area contributed by atoms with E-state index in [1.807, 2.05) is 6.92 Å². The van der Waals surface area contributed by atoms with E-state index >= 15 is 0 Å². The molecule has 0 atom stereocenters. The van der Waals surface area contributed by atoms with Crippen molar-refractivity contribution < 1.29 is 19.4 Å². The second kappa shape index (κ2) is 9.15. The lowest BCUT2D eigenvalue weighted by Gasteiger charge is -2.08. The van der Waals surface area contributed by atoms with Crippen LogP contribution in [0.15, 0.2) is 41.5 Å². The first-order chi connectivity index (χ1) is 12.0. The molecule has 0 saturated heterocycles. The van der Waals surface area contributed by atoms with E-state index in [1.165, 1.54) is 12.3 Å². The maximum atomic E-state index is 11.7. The number of benzene rings is 2. The molecule has 2 rings (SSSR count). The van der Waals surface area contributed by atoms with Gasteiger partial charge >= 0.3 is 0 Å². The summed E-state index contributed by atoms with van der Waals surface area (Å²) in [6.45, 7) is 1.97. The summed E-state index contributed by atoms with van der Waals surface area (Å²) in [6.07, 6.45) is 1.42. The predicted octanol–water partition coefficient (Wildman–Crippen LogP) is 3.63. The zero-order valence-corrected chi connectivity index (χ0v) is 14.8. The minimum Gasteiger partial charge on any atom is -0.504 e. The van der Waals surface area contributed by atoms with E-state index in [-0.39, 0.29) is 17.4 Å². The number of aromatic hydroxyl groups is 1. The number of hydrogen-bond acceptors (Lipinski definition) is 5. The van der Waals surface area contributed by atoms with E-state index in [9.17, 15) is 9.90 Å². The molecule has 0 bridgehead atoms.